The molecule has 0 aliphatic heterocycles. The molecule has 0 aromatic carbocycles. The van der Waals surface area contributed by atoms with Crippen molar-refractivity contribution in [2.45, 2.75) is 26.4 Å². The third-order valence-corrected chi connectivity index (χ3v) is 1.82. The van der Waals surface area contributed by atoms with Crippen LogP contribution >= 0.6 is 23.2 Å². The second-order valence-corrected chi connectivity index (χ2v) is 4.67. The molecule has 0 saturated heterocycles. The molecule has 0 saturated carbocycles. The lowest BCUT2D eigenvalue weighted by atomic mass is 10.2. The first-order chi connectivity index (χ1) is 7.28. The molecule has 16 heavy (non-hydrogen) atoms. The second kappa shape index (κ2) is 4.84. The van der Waals surface area contributed by atoms with Crippen LogP contribution in [0.1, 0.15) is 20.8 Å². The van der Waals surface area contributed by atoms with Gasteiger partial charge < -0.3 is 4.74 Å². The maximum absolute atomic E-state index is 11.4. The maximum Gasteiger partial charge on any atom is 0.412 e. The second-order valence-electron chi connectivity index (χ2n) is 3.97. The van der Waals surface area contributed by atoms with E-state index in [2.05, 4.69) is 15.3 Å². The summed E-state index contributed by atoms with van der Waals surface area (Å²) in [5.41, 5.74) is -0.329. The maximum atomic E-state index is 11.4. The molecule has 0 aliphatic carbocycles. The molecule has 0 radical (unpaired) electrons. The summed E-state index contributed by atoms with van der Waals surface area (Å²) in [6, 6.07) is 0. The predicted octanol–water partition coefficient (Wildman–Crippen LogP) is 3.13. The van der Waals surface area contributed by atoms with E-state index in [1.807, 2.05) is 0 Å². The zero-order valence-electron chi connectivity index (χ0n) is 9.04. The molecule has 1 N–H and O–H groups in total. The highest BCUT2D eigenvalue weighted by atomic mass is 35.5. The van der Waals surface area contributed by atoms with Gasteiger partial charge in [-0.25, -0.2) is 14.8 Å². The number of rotatable bonds is 1. The van der Waals surface area contributed by atoms with Gasteiger partial charge in [0.1, 0.15) is 11.3 Å². The minimum Gasteiger partial charge on any atom is -0.444 e. The molecule has 0 unspecified atom stereocenters. The molecule has 1 aromatic rings. The topological polar surface area (TPSA) is 64.1 Å². The largest absolute Gasteiger partial charge is 0.444 e. The highest BCUT2D eigenvalue weighted by Gasteiger charge is 2.17. The molecule has 88 valence electrons. The van der Waals surface area contributed by atoms with E-state index in [4.69, 9.17) is 27.9 Å². The van der Waals surface area contributed by atoms with Crippen molar-refractivity contribution in [3.8, 4) is 0 Å². The quantitative estimate of drug-likeness (QED) is 0.625. The zero-order chi connectivity index (χ0) is 12.3. The number of aromatic nitrogens is 2. The zero-order valence-corrected chi connectivity index (χ0v) is 10.6. The molecule has 1 heterocycles. The van der Waals surface area contributed by atoms with Crippen LogP contribution in [0.2, 0.25) is 10.4 Å². The predicted molar refractivity (Wildman–Crippen MR) is 61.9 cm³/mol. The van der Waals surface area contributed by atoms with Gasteiger partial charge in [0.2, 0.25) is 5.28 Å². The fourth-order valence-electron chi connectivity index (χ4n) is 0.839. The standard InChI is InChI=1S/C9H11Cl2N3O2/c1-9(2,3)16-8(15)13-5-4-12-7(11)14-6(5)10/h4H,1-3H3,(H,13,15). The van der Waals surface area contributed by atoms with E-state index in [9.17, 15) is 4.79 Å². The van der Waals surface area contributed by atoms with Crippen LogP contribution in [0.25, 0.3) is 0 Å². The molecule has 0 bridgehead atoms. The first-order valence-electron chi connectivity index (χ1n) is 4.46. The van der Waals surface area contributed by atoms with Crippen LogP contribution < -0.4 is 5.32 Å². The van der Waals surface area contributed by atoms with Gasteiger partial charge >= 0.3 is 6.09 Å². The normalized spacial score (nSPS) is 11.1. The molecule has 0 fully saturated rings. The van der Waals surface area contributed by atoms with Crippen LogP contribution in [-0.4, -0.2) is 21.7 Å². The lowest BCUT2D eigenvalue weighted by molar-refractivity contribution is 0.0636. The van der Waals surface area contributed by atoms with E-state index in [1.54, 1.807) is 20.8 Å². The van der Waals surface area contributed by atoms with E-state index < -0.39 is 11.7 Å². The van der Waals surface area contributed by atoms with E-state index in [-0.39, 0.29) is 16.1 Å². The van der Waals surface area contributed by atoms with Crippen LogP contribution in [0.5, 0.6) is 0 Å². The highest BCUT2D eigenvalue weighted by Crippen LogP contribution is 2.20. The third kappa shape index (κ3) is 4.20. The van der Waals surface area contributed by atoms with Gasteiger partial charge in [0.25, 0.3) is 0 Å². The van der Waals surface area contributed by atoms with Gasteiger partial charge in [-0.05, 0) is 32.4 Å². The lowest BCUT2D eigenvalue weighted by Crippen LogP contribution is -2.27. The van der Waals surface area contributed by atoms with Gasteiger partial charge in [-0.3, -0.25) is 5.32 Å². The van der Waals surface area contributed by atoms with Crippen LogP contribution in [0.4, 0.5) is 10.5 Å². The Balaban J connectivity index is 2.70. The number of halogens is 2. The summed E-state index contributed by atoms with van der Waals surface area (Å²) < 4.78 is 5.03. The molecular formula is C9H11Cl2N3O2. The number of anilines is 1. The Hall–Kier alpha value is -1.07. The van der Waals surface area contributed by atoms with E-state index in [0.29, 0.717) is 0 Å². The van der Waals surface area contributed by atoms with E-state index in [1.165, 1.54) is 6.20 Å². The van der Waals surface area contributed by atoms with Crippen molar-refractivity contribution in [2.24, 2.45) is 0 Å². The SMILES string of the molecule is CC(C)(C)OC(=O)Nc1cnc(Cl)nc1Cl. The monoisotopic (exact) mass is 263 g/mol. The summed E-state index contributed by atoms with van der Waals surface area (Å²) in [6.07, 6.45) is 0.682. The van der Waals surface area contributed by atoms with Gasteiger partial charge in [-0.15, -0.1) is 0 Å². The van der Waals surface area contributed by atoms with Crippen molar-refractivity contribution in [3.63, 3.8) is 0 Å². The minimum absolute atomic E-state index is 0.0136. The number of hydrogen-bond acceptors (Lipinski definition) is 4. The molecule has 1 rings (SSSR count). The van der Waals surface area contributed by atoms with Gasteiger partial charge in [0, 0.05) is 0 Å². The smallest absolute Gasteiger partial charge is 0.412 e. The summed E-state index contributed by atoms with van der Waals surface area (Å²) in [5, 5.41) is 2.49. The van der Waals surface area contributed by atoms with Crippen molar-refractivity contribution >= 4 is 35.0 Å². The first-order valence-corrected chi connectivity index (χ1v) is 5.21. The van der Waals surface area contributed by atoms with Gasteiger partial charge in [-0.1, -0.05) is 11.6 Å². The summed E-state index contributed by atoms with van der Waals surface area (Å²) >= 11 is 11.2. The van der Waals surface area contributed by atoms with Gasteiger partial charge in [0.15, 0.2) is 5.15 Å². The molecule has 5 nitrogen and oxygen atoms in total. The minimum atomic E-state index is -0.625. The fourth-order valence-corrected chi connectivity index (χ4v) is 1.19. The van der Waals surface area contributed by atoms with Crippen LogP contribution in [0, 0.1) is 0 Å². The lowest BCUT2D eigenvalue weighted by Gasteiger charge is -2.19. The van der Waals surface area contributed by atoms with Crippen molar-refractivity contribution < 1.29 is 9.53 Å². The average molecular weight is 264 g/mol. The summed E-state index contributed by atoms with van der Waals surface area (Å²) in [5.74, 6) is 0. The molecule has 1 amide bonds. The molecule has 0 spiro atoms. The number of nitrogens with one attached hydrogen (secondary N) is 1. The number of ether oxygens (including phenoxy) is 1. The molecular weight excluding hydrogens is 253 g/mol. The molecule has 1 aromatic heterocycles. The van der Waals surface area contributed by atoms with Crippen LogP contribution in [0.3, 0.4) is 0 Å². The molecule has 0 atom stereocenters. The van der Waals surface area contributed by atoms with E-state index in [0.717, 1.165) is 0 Å². The Kier molecular flexibility index (Phi) is 3.93. The van der Waals surface area contributed by atoms with Crippen molar-refractivity contribution in [3.05, 3.63) is 16.6 Å². The Labute approximate surface area is 103 Å². The molecule has 7 heteroatoms. The van der Waals surface area contributed by atoms with Gasteiger partial charge in [-0.2, -0.15) is 0 Å². The van der Waals surface area contributed by atoms with Crippen molar-refractivity contribution in [1.29, 1.82) is 0 Å². The van der Waals surface area contributed by atoms with Crippen LogP contribution in [-0.2, 0) is 4.74 Å². The summed E-state index contributed by atoms with van der Waals surface area (Å²) in [7, 11) is 0. The third-order valence-electron chi connectivity index (χ3n) is 1.35. The van der Waals surface area contributed by atoms with Gasteiger partial charge in [0.05, 0.1) is 6.20 Å². The number of carbonyl (C=O) groups is 1. The summed E-state index contributed by atoms with van der Waals surface area (Å²) in [4.78, 5) is 18.7. The number of amides is 1. The Morgan fingerprint density at radius 3 is 2.56 bits per heavy atom. The van der Waals surface area contributed by atoms with Crippen molar-refractivity contribution in [1.82, 2.24) is 9.97 Å². The Morgan fingerprint density at radius 2 is 2.06 bits per heavy atom. The highest BCUT2D eigenvalue weighted by molar-refractivity contribution is 6.33. The van der Waals surface area contributed by atoms with Crippen LogP contribution in [0.15, 0.2) is 6.20 Å². The fraction of sp³-hybridized carbons (Fsp3) is 0.444. The number of carbonyl (C=O) groups excluding carboxylic acids is 1. The number of nitrogens with zero attached hydrogens (tertiary/aromatic N) is 2. The van der Waals surface area contributed by atoms with E-state index >= 15 is 0 Å². The first kappa shape index (κ1) is 13.0. The number of hydrogen-bond donors (Lipinski definition) is 1. The molecule has 0 aliphatic rings. The Bertz CT molecular complexity index is 404. The summed E-state index contributed by atoms with van der Waals surface area (Å²) in [6.45, 7) is 5.27. The van der Waals surface area contributed by atoms with Crippen molar-refractivity contribution in [2.75, 3.05) is 5.32 Å². The Morgan fingerprint density at radius 1 is 1.44 bits per heavy atom. The average Bonchev–Trinajstić information content (AvgIpc) is 2.06.